The minimum absolute atomic E-state index is 0.168. The zero-order valence-corrected chi connectivity index (χ0v) is 14.6. The Kier molecular flexibility index (Phi) is 8.43. The molecule has 0 fully saturated rings. The molecule has 23 heavy (non-hydrogen) atoms. The average Bonchev–Trinajstić information content (AvgIpc) is 2.49. The number of esters is 1. The zero-order chi connectivity index (χ0) is 17.2. The molecule has 0 bridgehead atoms. The van der Waals surface area contributed by atoms with Crippen molar-refractivity contribution in [3.8, 4) is 0 Å². The van der Waals surface area contributed by atoms with Gasteiger partial charge in [0.15, 0.2) is 0 Å². The number of urea groups is 1. The van der Waals surface area contributed by atoms with Crippen LogP contribution < -0.4 is 5.32 Å². The molecule has 0 aromatic heterocycles. The van der Waals surface area contributed by atoms with Crippen LogP contribution in [0.2, 0.25) is 5.02 Å². The number of hydrogen-bond donors (Lipinski definition) is 1. The van der Waals surface area contributed by atoms with Crippen LogP contribution in [0.25, 0.3) is 0 Å². The van der Waals surface area contributed by atoms with Gasteiger partial charge in [-0.1, -0.05) is 17.7 Å². The van der Waals surface area contributed by atoms with Crippen molar-refractivity contribution in [1.29, 1.82) is 0 Å². The van der Waals surface area contributed by atoms with Crippen LogP contribution >= 0.6 is 11.6 Å². The number of hydrogen-bond acceptors (Lipinski definition) is 4. The Bertz CT molecular complexity index is 523. The van der Waals surface area contributed by atoms with Crippen LogP contribution in [-0.4, -0.2) is 62.6 Å². The molecule has 7 heteroatoms. The van der Waals surface area contributed by atoms with Crippen molar-refractivity contribution in [3.63, 3.8) is 0 Å². The predicted octanol–water partition coefficient (Wildman–Crippen LogP) is 2.69. The third kappa shape index (κ3) is 7.85. The van der Waals surface area contributed by atoms with E-state index < -0.39 is 0 Å². The predicted molar refractivity (Wildman–Crippen MR) is 91.8 cm³/mol. The number of carbonyl (C=O) groups is 2. The summed E-state index contributed by atoms with van der Waals surface area (Å²) in [5.41, 5.74) is 0.623. The summed E-state index contributed by atoms with van der Waals surface area (Å²) in [5, 5.41) is 3.35. The number of rotatable bonds is 8. The number of methoxy groups -OCH3 is 1. The van der Waals surface area contributed by atoms with E-state index in [2.05, 4.69) is 10.1 Å². The minimum Gasteiger partial charge on any atom is -0.469 e. The van der Waals surface area contributed by atoms with Crippen LogP contribution in [0.3, 0.4) is 0 Å². The highest BCUT2D eigenvalue weighted by molar-refractivity contribution is 6.30. The lowest BCUT2D eigenvalue weighted by Gasteiger charge is -2.23. The van der Waals surface area contributed by atoms with Crippen molar-refractivity contribution in [1.82, 2.24) is 9.80 Å². The monoisotopic (exact) mass is 341 g/mol. The van der Waals surface area contributed by atoms with Crippen LogP contribution in [0, 0.1) is 0 Å². The van der Waals surface area contributed by atoms with E-state index in [0.29, 0.717) is 23.8 Å². The van der Waals surface area contributed by atoms with Gasteiger partial charge in [-0.25, -0.2) is 4.79 Å². The fourth-order valence-corrected chi connectivity index (χ4v) is 2.18. The molecular formula is C16H24ClN3O3. The Balaban J connectivity index is 2.64. The first kappa shape index (κ1) is 19.3. The Morgan fingerprint density at radius 2 is 1.96 bits per heavy atom. The molecule has 2 amide bonds. The number of halogens is 1. The van der Waals surface area contributed by atoms with E-state index in [1.165, 1.54) is 7.11 Å². The maximum Gasteiger partial charge on any atom is 0.321 e. The van der Waals surface area contributed by atoms with Gasteiger partial charge in [-0.15, -0.1) is 0 Å². The SMILES string of the molecule is COC(=O)CCN(CCCN(C)C)C(=O)Nc1cccc(Cl)c1. The average molecular weight is 342 g/mol. The topological polar surface area (TPSA) is 61.9 Å². The fourth-order valence-electron chi connectivity index (χ4n) is 1.99. The summed E-state index contributed by atoms with van der Waals surface area (Å²) in [6.45, 7) is 1.73. The number of benzene rings is 1. The second-order valence-corrected chi connectivity index (χ2v) is 5.85. The van der Waals surface area contributed by atoms with Crippen molar-refractivity contribution >= 4 is 29.3 Å². The van der Waals surface area contributed by atoms with E-state index in [0.717, 1.165) is 13.0 Å². The first-order chi connectivity index (χ1) is 10.9. The largest absolute Gasteiger partial charge is 0.469 e. The summed E-state index contributed by atoms with van der Waals surface area (Å²) in [5.74, 6) is -0.335. The van der Waals surface area contributed by atoms with Gasteiger partial charge in [-0.2, -0.15) is 0 Å². The van der Waals surface area contributed by atoms with Gasteiger partial charge in [0, 0.05) is 23.8 Å². The van der Waals surface area contributed by atoms with Crippen LogP contribution in [-0.2, 0) is 9.53 Å². The number of ether oxygens (including phenoxy) is 1. The summed E-state index contributed by atoms with van der Waals surface area (Å²) in [7, 11) is 5.29. The molecule has 128 valence electrons. The summed E-state index contributed by atoms with van der Waals surface area (Å²) >= 11 is 5.92. The number of carbonyl (C=O) groups excluding carboxylic acids is 2. The van der Waals surface area contributed by atoms with E-state index in [1.54, 1.807) is 29.2 Å². The number of amides is 2. The van der Waals surface area contributed by atoms with Crippen LogP contribution in [0.5, 0.6) is 0 Å². The molecule has 0 saturated heterocycles. The Morgan fingerprint density at radius 3 is 2.57 bits per heavy atom. The second kappa shape index (κ2) is 10.1. The Morgan fingerprint density at radius 1 is 1.22 bits per heavy atom. The molecule has 0 aliphatic rings. The Hall–Kier alpha value is -1.79. The molecule has 1 rings (SSSR count). The maximum atomic E-state index is 12.4. The molecule has 0 aliphatic heterocycles. The van der Waals surface area contributed by atoms with Gasteiger partial charge in [-0.05, 0) is 45.3 Å². The number of nitrogens with one attached hydrogen (secondary N) is 1. The van der Waals surface area contributed by atoms with Crippen LogP contribution in [0.15, 0.2) is 24.3 Å². The van der Waals surface area contributed by atoms with Gasteiger partial charge in [0.25, 0.3) is 0 Å². The van der Waals surface area contributed by atoms with Gasteiger partial charge in [0.1, 0.15) is 0 Å². The number of nitrogens with zero attached hydrogens (tertiary/aromatic N) is 2. The highest BCUT2D eigenvalue weighted by Gasteiger charge is 2.15. The molecule has 0 atom stereocenters. The lowest BCUT2D eigenvalue weighted by Crippen LogP contribution is -2.38. The van der Waals surface area contributed by atoms with Gasteiger partial charge < -0.3 is 19.9 Å². The van der Waals surface area contributed by atoms with Gasteiger partial charge >= 0.3 is 12.0 Å². The van der Waals surface area contributed by atoms with Gasteiger partial charge in [0.05, 0.1) is 13.5 Å². The first-order valence-corrected chi connectivity index (χ1v) is 7.83. The molecule has 0 unspecified atom stereocenters. The van der Waals surface area contributed by atoms with E-state index in [-0.39, 0.29) is 18.4 Å². The van der Waals surface area contributed by atoms with Crippen molar-refractivity contribution in [2.24, 2.45) is 0 Å². The normalized spacial score (nSPS) is 10.5. The fraction of sp³-hybridized carbons (Fsp3) is 0.500. The van der Waals surface area contributed by atoms with Gasteiger partial charge in [0.2, 0.25) is 0 Å². The lowest BCUT2D eigenvalue weighted by atomic mass is 10.3. The molecule has 0 radical (unpaired) electrons. The van der Waals surface area contributed by atoms with Gasteiger partial charge in [-0.3, -0.25) is 4.79 Å². The summed E-state index contributed by atoms with van der Waals surface area (Å²) in [6.07, 6.45) is 0.985. The van der Waals surface area contributed by atoms with Crippen molar-refractivity contribution in [2.75, 3.05) is 46.2 Å². The van der Waals surface area contributed by atoms with Crippen LogP contribution in [0.4, 0.5) is 10.5 Å². The Labute approximate surface area is 142 Å². The summed E-state index contributed by atoms with van der Waals surface area (Å²) in [4.78, 5) is 27.4. The summed E-state index contributed by atoms with van der Waals surface area (Å²) in [6, 6.07) is 6.70. The molecule has 1 N–H and O–H groups in total. The second-order valence-electron chi connectivity index (χ2n) is 5.41. The number of anilines is 1. The van der Waals surface area contributed by atoms with Crippen LogP contribution in [0.1, 0.15) is 12.8 Å². The third-order valence-corrected chi connectivity index (χ3v) is 3.45. The molecular weight excluding hydrogens is 318 g/mol. The quantitative estimate of drug-likeness (QED) is 0.738. The molecule has 0 aliphatic carbocycles. The molecule has 1 aromatic rings. The van der Waals surface area contributed by atoms with E-state index >= 15 is 0 Å². The molecule has 6 nitrogen and oxygen atoms in total. The lowest BCUT2D eigenvalue weighted by molar-refractivity contribution is -0.140. The molecule has 0 saturated carbocycles. The highest BCUT2D eigenvalue weighted by Crippen LogP contribution is 2.15. The van der Waals surface area contributed by atoms with Crippen molar-refractivity contribution in [3.05, 3.63) is 29.3 Å². The first-order valence-electron chi connectivity index (χ1n) is 7.45. The highest BCUT2D eigenvalue weighted by atomic mass is 35.5. The van der Waals surface area contributed by atoms with Crippen molar-refractivity contribution in [2.45, 2.75) is 12.8 Å². The maximum absolute atomic E-state index is 12.4. The minimum atomic E-state index is -0.335. The van der Waals surface area contributed by atoms with E-state index in [4.69, 9.17) is 11.6 Å². The van der Waals surface area contributed by atoms with E-state index in [9.17, 15) is 9.59 Å². The summed E-state index contributed by atoms with van der Waals surface area (Å²) < 4.78 is 4.63. The van der Waals surface area contributed by atoms with Crippen molar-refractivity contribution < 1.29 is 14.3 Å². The molecule has 0 spiro atoms. The smallest absolute Gasteiger partial charge is 0.321 e. The third-order valence-electron chi connectivity index (χ3n) is 3.21. The van der Waals surface area contributed by atoms with E-state index in [1.807, 2.05) is 19.0 Å². The standard InChI is InChI=1S/C16H24ClN3O3/c1-19(2)9-5-10-20(11-8-15(21)23-3)16(22)18-14-7-4-6-13(17)12-14/h4,6-7,12H,5,8-11H2,1-3H3,(H,18,22). The zero-order valence-electron chi connectivity index (χ0n) is 13.8. The molecule has 0 heterocycles. The molecule has 1 aromatic carbocycles.